The molecule has 0 bridgehead atoms. The van der Waals surface area contributed by atoms with Gasteiger partial charge in [-0.05, 0) is 24.0 Å². The molecule has 3 aliphatic rings. The van der Waals surface area contributed by atoms with E-state index in [9.17, 15) is 23.2 Å². The van der Waals surface area contributed by atoms with Crippen LogP contribution >= 0.6 is 0 Å². The quantitative estimate of drug-likeness (QED) is 0.612. The van der Waals surface area contributed by atoms with Gasteiger partial charge < -0.3 is 4.90 Å². The summed E-state index contributed by atoms with van der Waals surface area (Å²) in [5.41, 5.74) is 0.651. The lowest BCUT2D eigenvalue weighted by Crippen LogP contribution is -2.45. The number of benzene rings is 1. The number of hydrogen-bond acceptors (Lipinski definition) is 3. The molecule has 1 aromatic rings. The predicted octanol–water partition coefficient (Wildman–Crippen LogP) is 2.81. The largest absolute Gasteiger partial charge is 0.340 e. The van der Waals surface area contributed by atoms with Crippen LogP contribution in [0.2, 0.25) is 0 Å². The molecule has 0 spiro atoms. The number of hydrogen-bond donors (Lipinski definition) is 0. The minimum atomic E-state index is -2.73. The fourth-order valence-corrected chi connectivity index (χ4v) is 4.39. The Morgan fingerprint density at radius 3 is 2.23 bits per heavy atom. The van der Waals surface area contributed by atoms with Gasteiger partial charge in [0, 0.05) is 19.4 Å². The standard InChI is InChI=1S/C17H16F2N2O3.C2H6/c18-17(19)5-10-7-20(9-22)14(13(10)6-17)8-21-15(23)11-3-1-2-4-12(11)16(21)24;1-2/h1-4,9-10,13-14H,5-8H2;1-2H3/t10-,13-,14?;/m0./s1. The van der Waals surface area contributed by atoms with E-state index in [0.717, 1.165) is 4.90 Å². The number of carbonyl (C=O) groups excluding carboxylic acids is 3. The molecule has 2 heterocycles. The highest BCUT2D eigenvalue weighted by molar-refractivity contribution is 6.21. The minimum absolute atomic E-state index is 0.0255. The van der Waals surface area contributed by atoms with E-state index in [2.05, 4.69) is 0 Å². The van der Waals surface area contributed by atoms with E-state index in [4.69, 9.17) is 0 Å². The van der Waals surface area contributed by atoms with Gasteiger partial charge in [-0.15, -0.1) is 0 Å². The highest BCUT2D eigenvalue weighted by Crippen LogP contribution is 2.49. The molecule has 0 radical (unpaired) electrons. The molecule has 1 saturated heterocycles. The van der Waals surface area contributed by atoms with Gasteiger partial charge in [-0.3, -0.25) is 19.3 Å². The van der Waals surface area contributed by atoms with E-state index in [0.29, 0.717) is 17.5 Å². The van der Waals surface area contributed by atoms with Crippen LogP contribution in [0.1, 0.15) is 47.4 Å². The fraction of sp³-hybridized carbons (Fsp3) is 0.526. The monoisotopic (exact) mass is 364 g/mol. The molecule has 1 aliphatic carbocycles. The first-order valence-electron chi connectivity index (χ1n) is 8.95. The van der Waals surface area contributed by atoms with Gasteiger partial charge in [-0.2, -0.15) is 0 Å². The number of alkyl halides is 2. The molecule has 2 aliphatic heterocycles. The van der Waals surface area contributed by atoms with Crippen molar-refractivity contribution in [2.24, 2.45) is 11.8 Å². The van der Waals surface area contributed by atoms with Crippen LogP contribution in [0.15, 0.2) is 24.3 Å². The lowest BCUT2D eigenvalue weighted by atomic mass is 9.93. The fourth-order valence-electron chi connectivity index (χ4n) is 4.39. The first kappa shape index (κ1) is 18.5. The summed E-state index contributed by atoms with van der Waals surface area (Å²) in [5.74, 6) is -4.23. The topological polar surface area (TPSA) is 57.7 Å². The van der Waals surface area contributed by atoms with Gasteiger partial charge >= 0.3 is 0 Å². The van der Waals surface area contributed by atoms with Gasteiger partial charge in [-0.1, -0.05) is 26.0 Å². The number of imide groups is 1. The Bertz CT molecular complexity index is 702. The number of nitrogens with zero attached hydrogens (tertiary/aromatic N) is 2. The zero-order valence-corrected chi connectivity index (χ0v) is 14.8. The lowest BCUT2D eigenvalue weighted by molar-refractivity contribution is -0.120. The molecule has 4 rings (SSSR count). The predicted molar refractivity (Wildman–Crippen MR) is 90.9 cm³/mol. The van der Waals surface area contributed by atoms with Crippen LogP contribution in [0.25, 0.3) is 0 Å². The molecule has 1 unspecified atom stereocenters. The molecule has 7 heteroatoms. The Kier molecular flexibility index (Phi) is 4.82. The third-order valence-electron chi connectivity index (χ3n) is 5.45. The van der Waals surface area contributed by atoms with E-state index in [1.165, 1.54) is 4.90 Å². The summed E-state index contributed by atoms with van der Waals surface area (Å²) in [7, 11) is 0. The van der Waals surface area contributed by atoms with E-state index in [1.54, 1.807) is 24.3 Å². The number of amides is 3. The Labute approximate surface area is 150 Å². The summed E-state index contributed by atoms with van der Waals surface area (Å²) in [6.45, 7) is 4.24. The zero-order chi connectivity index (χ0) is 19.1. The molecule has 5 nitrogen and oxygen atoms in total. The molecule has 1 saturated carbocycles. The highest BCUT2D eigenvalue weighted by atomic mass is 19.3. The maximum atomic E-state index is 13.7. The second-order valence-corrected chi connectivity index (χ2v) is 6.82. The van der Waals surface area contributed by atoms with Crippen LogP contribution in [0.4, 0.5) is 8.78 Å². The number of likely N-dealkylation sites (tertiary alicyclic amines) is 1. The second kappa shape index (κ2) is 6.78. The summed E-state index contributed by atoms with van der Waals surface area (Å²) in [6, 6.07) is 5.97. The first-order valence-corrected chi connectivity index (χ1v) is 8.95. The number of rotatable bonds is 3. The number of fused-ring (bicyclic) bond motifs is 2. The summed E-state index contributed by atoms with van der Waals surface area (Å²) >= 11 is 0. The molecular formula is C19H22F2N2O3. The molecular weight excluding hydrogens is 342 g/mol. The van der Waals surface area contributed by atoms with Crippen molar-refractivity contribution in [2.75, 3.05) is 13.1 Å². The van der Waals surface area contributed by atoms with Gasteiger partial charge in [0.25, 0.3) is 11.8 Å². The Morgan fingerprint density at radius 2 is 1.69 bits per heavy atom. The molecule has 1 aromatic carbocycles. The van der Waals surface area contributed by atoms with Crippen molar-refractivity contribution in [1.82, 2.24) is 9.80 Å². The van der Waals surface area contributed by atoms with Crippen LogP contribution < -0.4 is 0 Å². The molecule has 0 N–H and O–H groups in total. The Hall–Kier alpha value is -2.31. The number of carbonyl (C=O) groups is 3. The van der Waals surface area contributed by atoms with E-state index in [-0.39, 0.29) is 37.8 Å². The van der Waals surface area contributed by atoms with Crippen LogP contribution in [0.5, 0.6) is 0 Å². The van der Waals surface area contributed by atoms with Crippen molar-refractivity contribution in [3.05, 3.63) is 35.4 Å². The zero-order valence-electron chi connectivity index (χ0n) is 14.8. The normalized spacial score (nSPS) is 28.5. The average molecular weight is 364 g/mol. The molecule has 2 fully saturated rings. The SMILES string of the molecule is CC.O=CN1C[C@@H]2CC(F)(F)C[C@@H]2C1CN1C(=O)c2ccccc2C1=O. The van der Waals surface area contributed by atoms with Crippen LogP contribution in [0, 0.1) is 11.8 Å². The Morgan fingerprint density at radius 1 is 1.12 bits per heavy atom. The highest BCUT2D eigenvalue weighted by Gasteiger charge is 2.55. The summed E-state index contributed by atoms with van der Waals surface area (Å²) in [4.78, 5) is 38.8. The second-order valence-electron chi connectivity index (χ2n) is 6.82. The molecule has 3 amide bonds. The molecule has 26 heavy (non-hydrogen) atoms. The van der Waals surface area contributed by atoms with Gasteiger partial charge in [0.2, 0.25) is 12.3 Å². The number of halogens is 2. The van der Waals surface area contributed by atoms with E-state index in [1.807, 2.05) is 13.8 Å². The van der Waals surface area contributed by atoms with Gasteiger partial charge in [0.1, 0.15) is 0 Å². The smallest absolute Gasteiger partial charge is 0.261 e. The third-order valence-corrected chi connectivity index (χ3v) is 5.45. The summed E-state index contributed by atoms with van der Waals surface area (Å²) in [6.07, 6.45) is 0.107. The first-order chi connectivity index (χ1) is 12.4. The maximum Gasteiger partial charge on any atom is 0.261 e. The van der Waals surface area contributed by atoms with E-state index < -0.39 is 23.8 Å². The van der Waals surface area contributed by atoms with Crippen LogP contribution in [-0.4, -0.2) is 53.1 Å². The van der Waals surface area contributed by atoms with Crippen molar-refractivity contribution < 1.29 is 23.2 Å². The lowest BCUT2D eigenvalue weighted by Gasteiger charge is -2.28. The maximum absolute atomic E-state index is 13.7. The van der Waals surface area contributed by atoms with Crippen molar-refractivity contribution in [1.29, 1.82) is 0 Å². The molecule has 0 aromatic heterocycles. The van der Waals surface area contributed by atoms with Crippen LogP contribution in [0.3, 0.4) is 0 Å². The van der Waals surface area contributed by atoms with Gasteiger partial charge in [0.05, 0.1) is 23.7 Å². The van der Waals surface area contributed by atoms with Gasteiger partial charge in [0.15, 0.2) is 0 Å². The third kappa shape index (κ3) is 2.89. The van der Waals surface area contributed by atoms with Crippen molar-refractivity contribution in [3.63, 3.8) is 0 Å². The van der Waals surface area contributed by atoms with Crippen molar-refractivity contribution in [2.45, 2.75) is 38.7 Å². The molecule has 140 valence electrons. The minimum Gasteiger partial charge on any atom is -0.340 e. The van der Waals surface area contributed by atoms with Crippen molar-refractivity contribution >= 4 is 18.2 Å². The Balaban J connectivity index is 0.000000948. The average Bonchev–Trinajstić information content (AvgIpc) is 3.19. The van der Waals surface area contributed by atoms with Crippen LogP contribution in [-0.2, 0) is 4.79 Å². The molecule has 3 atom stereocenters. The van der Waals surface area contributed by atoms with Gasteiger partial charge in [-0.25, -0.2) is 8.78 Å². The summed E-state index contributed by atoms with van der Waals surface area (Å²) < 4.78 is 27.4. The van der Waals surface area contributed by atoms with E-state index >= 15 is 0 Å². The summed E-state index contributed by atoms with van der Waals surface area (Å²) in [5, 5.41) is 0. The van der Waals surface area contributed by atoms with Crippen molar-refractivity contribution in [3.8, 4) is 0 Å².